The number of aromatic nitrogens is 3. The molecule has 2 atom stereocenters. The van der Waals surface area contributed by atoms with E-state index in [1.807, 2.05) is 48.7 Å². The number of amides is 1. The highest BCUT2D eigenvalue weighted by Gasteiger charge is 2.42. The van der Waals surface area contributed by atoms with Gasteiger partial charge in [0.1, 0.15) is 12.4 Å². The van der Waals surface area contributed by atoms with Crippen molar-refractivity contribution in [3.05, 3.63) is 101 Å². The zero-order chi connectivity index (χ0) is 28.2. The number of nitrogens with one attached hydrogen (secondary N) is 2. The van der Waals surface area contributed by atoms with Crippen LogP contribution in [0.1, 0.15) is 40.3 Å². The molecule has 1 saturated heterocycles. The Hall–Kier alpha value is -4.28. The number of carbonyl (C=O) groups excluding carboxylic acids is 1. The van der Waals surface area contributed by atoms with Crippen molar-refractivity contribution in [1.29, 1.82) is 0 Å². The van der Waals surface area contributed by atoms with E-state index in [4.69, 9.17) is 21.7 Å². The SMILES string of the molecule is COCC(=O)Nc1cc(N2C(=S)N[C@@H](c3ccccn3)[C@@H]2c2cc(C)n(Cc3cccnc3)c2C)ccc1OC. The van der Waals surface area contributed by atoms with Crippen LogP contribution in [-0.2, 0) is 16.1 Å². The van der Waals surface area contributed by atoms with Crippen LogP contribution in [0.4, 0.5) is 11.4 Å². The van der Waals surface area contributed by atoms with Crippen LogP contribution in [-0.4, -0.2) is 46.4 Å². The van der Waals surface area contributed by atoms with Gasteiger partial charge in [-0.3, -0.25) is 14.8 Å². The number of nitrogens with zero attached hydrogens (tertiary/aromatic N) is 4. The van der Waals surface area contributed by atoms with Crippen molar-refractivity contribution in [3.63, 3.8) is 0 Å². The third-order valence-corrected chi connectivity index (χ3v) is 7.42. The van der Waals surface area contributed by atoms with Gasteiger partial charge in [0.15, 0.2) is 5.11 Å². The first-order valence-electron chi connectivity index (χ1n) is 12.9. The van der Waals surface area contributed by atoms with Crippen molar-refractivity contribution < 1.29 is 14.3 Å². The molecule has 0 radical (unpaired) electrons. The topological polar surface area (TPSA) is 93.5 Å². The predicted octanol–water partition coefficient (Wildman–Crippen LogP) is 4.71. The van der Waals surface area contributed by atoms with Crippen LogP contribution < -0.4 is 20.3 Å². The molecular formula is C30H32N6O3S. The Balaban J connectivity index is 1.60. The smallest absolute Gasteiger partial charge is 0.250 e. The Morgan fingerprint density at radius 2 is 1.95 bits per heavy atom. The van der Waals surface area contributed by atoms with Crippen LogP contribution in [0.25, 0.3) is 0 Å². The summed E-state index contributed by atoms with van der Waals surface area (Å²) in [5.74, 6) is 0.265. The number of carbonyl (C=O) groups is 1. The molecule has 5 rings (SSSR count). The van der Waals surface area contributed by atoms with Crippen LogP contribution in [0.3, 0.4) is 0 Å². The molecule has 0 bridgehead atoms. The number of hydrogen-bond donors (Lipinski definition) is 2. The van der Waals surface area contributed by atoms with Crippen molar-refractivity contribution >= 4 is 34.6 Å². The summed E-state index contributed by atoms with van der Waals surface area (Å²) in [6.07, 6.45) is 5.47. The minimum absolute atomic E-state index is 0.0651. The maximum Gasteiger partial charge on any atom is 0.250 e. The summed E-state index contributed by atoms with van der Waals surface area (Å²) in [5, 5.41) is 6.97. The summed E-state index contributed by atoms with van der Waals surface area (Å²) < 4.78 is 12.8. The lowest BCUT2D eigenvalue weighted by atomic mass is 9.96. The number of benzene rings is 1. The monoisotopic (exact) mass is 556 g/mol. The number of rotatable bonds is 9. The van der Waals surface area contributed by atoms with E-state index in [0.29, 0.717) is 23.1 Å². The highest BCUT2D eigenvalue weighted by Crippen LogP contribution is 2.44. The predicted molar refractivity (Wildman–Crippen MR) is 159 cm³/mol. The molecule has 1 aliphatic heterocycles. The van der Waals surface area contributed by atoms with Gasteiger partial charge in [-0.15, -0.1) is 0 Å². The fourth-order valence-electron chi connectivity index (χ4n) is 5.25. The van der Waals surface area contributed by atoms with E-state index < -0.39 is 0 Å². The number of anilines is 2. The Morgan fingerprint density at radius 1 is 1.10 bits per heavy atom. The second-order valence-corrected chi connectivity index (χ2v) is 10.0. The molecule has 206 valence electrons. The number of ether oxygens (including phenoxy) is 2. The van der Waals surface area contributed by atoms with Gasteiger partial charge in [0.05, 0.1) is 30.6 Å². The number of pyridine rings is 2. The van der Waals surface area contributed by atoms with Crippen LogP contribution in [0.2, 0.25) is 0 Å². The first kappa shape index (κ1) is 27.3. The van der Waals surface area contributed by atoms with Gasteiger partial charge < -0.3 is 29.6 Å². The van der Waals surface area contributed by atoms with E-state index in [-0.39, 0.29) is 24.6 Å². The number of hydrogen-bond acceptors (Lipinski definition) is 6. The first-order chi connectivity index (χ1) is 19.4. The molecule has 0 aliphatic carbocycles. The van der Waals surface area contributed by atoms with E-state index in [1.165, 1.54) is 7.11 Å². The molecule has 1 aliphatic rings. The van der Waals surface area contributed by atoms with Gasteiger partial charge >= 0.3 is 0 Å². The molecule has 4 aromatic rings. The standard InChI is InChI=1S/C30H32N6O3S/c1-19-14-23(20(2)35(19)17-21-8-7-12-31-16-21)29-28(24-9-5-6-13-32-24)34-30(40)36(29)22-10-11-26(39-4)25(15-22)33-27(37)18-38-3/h5-16,28-29H,17-18H2,1-4H3,(H,33,37)(H,34,40)/t28-,29-/m0/s1. The summed E-state index contributed by atoms with van der Waals surface area (Å²) >= 11 is 5.93. The van der Waals surface area contributed by atoms with Crippen molar-refractivity contribution in [2.45, 2.75) is 32.5 Å². The van der Waals surface area contributed by atoms with Gasteiger partial charge in [0, 0.05) is 49.3 Å². The summed E-state index contributed by atoms with van der Waals surface area (Å²) in [7, 11) is 3.05. The summed E-state index contributed by atoms with van der Waals surface area (Å²) in [6, 6.07) is 17.4. The van der Waals surface area contributed by atoms with E-state index in [0.717, 1.165) is 33.9 Å². The molecule has 1 aromatic carbocycles. The van der Waals surface area contributed by atoms with Crippen LogP contribution in [0, 0.1) is 13.8 Å². The fraction of sp³-hybridized carbons (Fsp3) is 0.267. The van der Waals surface area contributed by atoms with Crippen LogP contribution in [0.5, 0.6) is 5.75 Å². The lowest BCUT2D eigenvalue weighted by Crippen LogP contribution is -2.29. The third kappa shape index (κ3) is 5.41. The molecule has 4 heterocycles. The maximum atomic E-state index is 12.4. The highest BCUT2D eigenvalue weighted by molar-refractivity contribution is 7.80. The average molecular weight is 557 g/mol. The first-order valence-corrected chi connectivity index (χ1v) is 13.3. The lowest BCUT2D eigenvalue weighted by molar-refractivity contribution is -0.119. The average Bonchev–Trinajstić information content (AvgIpc) is 3.45. The molecule has 40 heavy (non-hydrogen) atoms. The number of methoxy groups -OCH3 is 2. The maximum absolute atomic E-state index is 12.4. The molecule has 2 N–H and O–H groups in total. The number of thiocarbonyl (C=S) groups is 1. The molecule has 10 heteroatoms. The van der Waals surface area contributed by atoms with Crippen molar-refractivity contribution in [3.8, 4) is 5.75 Å². The van der Waals surface area contributed by atoms with Gasteiger partial charge in [-0.05, 0) is 79.7 Å². The largest absolute Gasteiger partial charge is 0.495 e. The van der Waals surface area contributed by atoms with Crippen LogP contribution >= 0.6 is 12.2 Å². The van der Waals surface area contributed by atoms with E-state index in [2.05, 4.69) is 56.0 Å². The van der Waals surface area contributed by atoms with Gasteiger partial charge in [0.25, 0.3) is 0 Å². The molecular weight excluding hydrogens is 524 g/mol. The van der Waals surface area contributed by atoms with Crippen LogP contribution in [0.15, 0.2) is 73.2 Å². The summed E-state index contributed by atoms with van der Waals surface area (Å²) in [6.45, 7) is 4.90. The molecule has 3 aromatic heterocycles. The third-order valence-electron chi connectivity index (χ3n) is 7.10. The highest BCUT2D eigenvalue weighted by atomic mass is 32.1. The second-order valence-electron chi connectivity index (χ2n) is 9.64. The molecule has 1 fully saturated rings. The molecule has 0 unspecified atom stereocenters. The van der Waals surface area contributed by atoms with E-state index in [1.54, 1.807) is 19.5 Å². The lowest BCUT2D eigenvalue weighted by Gasteiger charge is -2.29. The van der Waals surface area contributed by atoms with E-state index in [9.17, 15) is 4.79 Å². The Kier molecular flexibility index (Phi) is 8.09. The molecule has 0 saturated carbocycles. The quantitative estimate of drug-likeness (QED) is 0.286. The summed E-state index contributed by atoms with van der Waals surface area (Å²) in [4.78, 5) is 23.4. The normalized spacial score (nSPS) is 16.6. The Morgan fingerprint density at radius 3 is 2.65 bits per heavy atom. The fourth-order valence-corrected chi connectivity index (χ4v) is 5.60. The second kappa shape index (κ2) is 11.8. The minimum atomic E-state index is -0.276. The molecule has 9 nitrogen and oxygen atoms in total. The molecule has 0 spiro atoms. The zero-order valence-corrected chi connectivity index (χ0v) is 23.7. The summed E-state index contributed by atoms with van der Waals surface area (Å²) in [5.41, 5.74) is 6.75. The van der Waals surface area contributed by atoms with Gasteiger partial charge in [-0.1, -0.05) is 12.1 Å². The Bertz CT molecular complexity index is 1510. The van der Waals surface area contributed by atoms with Crippen molar-refractivity contribution in [2.24, 2.45) is 0 Å². The Labute approximate surface area is 239 Å². The van der Waals surface area contributed by atoms with E-state index >= 15 is 0 Å². The van der Waals surface area contributed by atoms with Gasteiger partial charge in [-0.25, -0.2) is 0 Å². The molecule has 1 amide bonds. The van der Waals surface area contributed by atoms with Gasteiger partial charge in [-0.2, -0.15) is 0 Å². The minimum Gasteiger partial charge on any atom is -0.495 e. The van der Waals surface area contributed by atoms with Crippen molar-refractivity contribution in [1.82, 2.24) is 19.9 Å². The van der Waals surface area contributed by atoms with Gasteiger partial charge in [0.2, 0.25) is 5.91 Å². The zero-order valence-electron chi connectivity index (χ0n) is 22.9. The van der Waals surface area contributed by atoms with Crippen molar-refractivity contribution in [2.75, 3.05) is 31.0 Å². The number of aryl methyl sites for hydroxylation is 1.